The summed E-state index contributed by atoms with van der Waals surface area (Å²) >= 11 is 0. The number of rotatable bonds is 27. The van der Waals surface area contributed by atoms with Crippen molar-refractivity contribution in [3.63, 3.8) is 0 Å². The molecular weight excluding hydrogens is 951 g/mol. The minimum Gasteiger partial charge on any atom is -0.480 e. The van der Waals surface area contributed by atoms with Gasteiger partial charge in [-0.2, -0.15) is 0 Å². The van der Waals surface area contributed by atoms with Crippen molar-refractivity contribution in [2.75, 3.05) is 45.9 Å². The summed E-state index contributed by atoms with van der Waals surface area (Å²) in [5, 5.41) is 33.1. The first-order valence-corrected chi connectivity index (χ1v) is 24.9. The number of aliphatic hydroxyl groups excluding tert-OH is 1. The molecule has 404 valence electrons. The molecule has 0 unspecified atom stereocenters. The van der Waals surface area contributed by atoms with Gasteiger partial charge >= 0.3 is 5.97 Å². The van der Waals surface area contributed by atoms with E-state index in [1.165, 1.54) is 14.7 Å². The van der Waals surface area contributed by atoms with Gasteiger partial charge in [-0.1, -0.05) is 44.2 Å². The number of likely N-dealkylation sites (tertiary alicyclic amines) is 3. The summed E-state index contributed by atoms with van der Waals surface area (Å²) in [6.45, 7) is 3.25. The number of hydrogen-bond acceptors (Lipinski definition) is 13. The molecule has 1 aromatic carbocycles. The number of benzene rings is 1. The maximum Gasteiger partial charge on any atom is 0.326 e. The van der Waals surface area contributed by atoms with Crippen LogP contribution in [0, 0.1) is 5.92 Å². The molecule has 8 atom stereocenters. The molecule has 0 spiro atoms. The lowest BCUT2D eigenvalue weighted by Crippen LogP contribution is -2.60. The summed E-state index contributed by atoms with van der Waals surface area (Å²) in [7, 11) is 0. The first kappa shape index (κ1) is 58.5. The van der Waals surface area contributed by atoms with Gasteiger partial charge < -0.3 is 80.2 Å². The smallest absolute Gasteiger partial charge is 0.326 e. The monoisotopic (exact) mass is 1030 g/mol. The van der Waals surface area contributed by atoms with E-state index >= 15 is 0 Å². The van der Waals surface area contributed by atoms with Crippen molar-refractivity contribution in [1.82, 2.24) is 41.3 Å². The van der Waals surface area contributed by atoms with Crippen LogP contribution in [0.4, 0.5) is 0 Å². The van der Waals surface area contributed by atoms with Gasteiger partial charge in [-0.05, 0) is 82.1 Å². The summed E-state index contributed by atoms with van der Waals surface area (Å²) in [6.07, 6.45) is 3.39. The highest BCUT2D eigenvalue weighted by Crippen LogP contribution is 2.26. The zero-order valence-corrected chi connectivity index (χ0v) is 41.7. The number of carbonyl (C=O) groups is 9. The fraction of sp³-hybridized carbons (Fsp3) is 0.638. The van der Waals surface area contributed by atoms with Gasteiger partial charge in [-0.25, -0.2) is 4.79 Å². The number of aliphatic imine (C=N–C) groups is 2. The van der Waals surface area contributed by atoms with Crippen LogP contribution in [0.25, 0.3) is 0 Å². The summed E-state index contributed by atoms with van der Waals surface area (Å²) in [6, 6.07) is -0.399. The Kier molecular flexibility index (Phi) is 23.1. The highest BCUT2D eigenvalue weighted by atomic mass is 16.4. The minimum atomic E-state index is -1.55. The van der Waals surface area contributed by atoms with Crippen LogP contribution in [0.3, 0.4) is 0 Å². The van der Waals surface area contributed by atoms with E-state index in [2.05, 4.69) is 36.6 Å². The molecular formula is C47H75N15O11. The Morgan fingerprint density at radius 2 is 1.19 bits per heavy atom. The number of nitrogens with one attached hydrogen (secondary N) is 5. The van der Waals surface area contributed by atoms with Gasteiger partial charge in [-0.15, -0.1) is 0 Å². The Hall–Kier alpha value is -7.09. The molecule has 73 heavy (non-hydrogen) atoms. The number of carbonyl (C=O) groups excluding carboxylic acids is 8. The van der Waals surface area contributed by atoms with Crippen molar-refractivity contribution < 1.29 is 53.4 Å². The second-order valence-electron chi connectivity index (χ2n) is 18.9. The van der Waals surface area contributed by atoms with Gasteiger partial charge in [0.2, 0.25) is 47.3 Å². The summed E-state index contributed by atoms with van der Waals surface area (Å²) < 4.78 is 0. The fourth-order valence-corrected chi connectivity index (χ4v) is 9.19. The molecule has 3 aliphatic rings. The van der Waals surface area contributed by atoms with Crippen LogP contribution < -0.4 is 55.3 Å². The van der Waals surface area contributed by atoms with Gasteiger partial charge in [0.05, 0.1) is 19.2 Å². The molecule has 0 saturated carbocycles. The van der Waals surface area contributed by atoms with Crippen molar-refractivity contribution in [2.45, 2.75) is 139 Å². The largest absolute Gasteiger partial charge is 0.480 e. The number of guanidine groups is 2. The Morgan fingerprint density at radius 1 is 0.658 bits per heavy atom. The van der Waals surface area contributed by atoms with E-state index < -0.39 is 109 Å². The highest BCUT2D eigenvalue weighted by molar-refractivity contribution is 5.98. The molecule has 8 amide bonds. The predicted molar refractivity (Wildman–Crippen MR) is 267 cm³/mol. The molecule has 0 aliphatic carbocycles. The maximum atomic E-state index is 14.0. The molecule has 1 aromatic rings. The van der Waals surface area contributed by atoms with Gasteiger partial charge in [0.15, 0.2) is 11.9 Å². The molecule has 26 nitrogen and oxygen atoms in total. The first-order valence-electron chi connectivity index (χ1n) is 24.9. The maximum absolute atomic E-state index is 14.0. The van der Waals surface area contributed by atoms with E-state index in [1.807, 2.05) is 0 Å². The van der Waals surface area contributed by atoms with Crippen molar-refractivity contribution in [1.29, 1.82) is 0 Å². The lowest BCUT2D eigenvalue weighted by Gasteiger charge is -2.32. The van der Waals surface area contributed by atoms with Crippen LogP contribution in [0.2, 0.25) is 0 Å². The number of carboxylic acids is 1. The number of aliphatic hydroxyl groups is 1. The molecule has 17 N–H and O–H groups in total. The number of nitrogens with zero attached hydrogens (tertiary/aromatic N) is 5. The van der Waals surface area contributed by atoms with E-state index in [9.17, 15) is 53.4 Å². The van der Waals surface area contributed by atoms with E-state index in [0.29, 0.717) is 63.6 Å². The van der Waals surface area contributed by atoms with Gasteiger partial charge in [0, 0.05) is 39.1 Å². The zero-order chi connectivity index (χ0) is 53.8. The van der Waals surface area contributed by atoms with Crippen molar-refractivity contribution in [3.05, 3.63) is 35.9 Å². The molecule has 3 heterocycles. The summed E-state index contributed by atoms with van der Waals surface area (Å²) in [4.78, 5) is 133. The fourth-order valence-electron chi connectivity index (χ4n) is 9.19. The van der Waals surface area contributed by atoms with E-state index in [4.69, 9.17) is 28.7 Å². The second-order valence-corrected chi connectivity index (χ2v) is 18.9. The topological polar surface area (TPSA) is 419 Å². The van der Waals surface area contributed by atoms with Gasteiger partial charge in [0.1, 0.15) is 42.3 Å². The van der Waals surface area contributed by atoms with Crippen molar-refractivity contribution in [3.8, 4) is 0 Å². The van der Waals surface area contributed by atoms with Gasteiger partial charge in [-0.3, -0.25) is 48.3 Å². The molecule has 26 heteroatoms. The molecule has 3 aliphatic heterocycles. The minimum absolute atomic E-state index is 0.0151. The molecule has 4 rings (SSSR count). The quantitative estimate of drug-likeness (QED) is 0.0226. The SMILES string of the molecule is CC(C)C[C@H](NC(=O)CNC(=O)[C@@H]1CCCN1C(=O)[C@@H]1CCCN1C(=O)[C@@H](N)CCCN=C(N)N)C(=O)N[C@@H](CO)C(=O)N1CCC[C@H]1C(=O)N[C@@H](Cc1ccccc1)C(=O)N[C@@H](CCCN=C(N)N)C(=O)O. The van der Waals surface area contributed by atoms with Crippen LogP contribution >= 0.6 is 0 Å². The first-order chi connectivity index (χ1) is 34.7. The standard InChI is InChI=1S/C47H75N15O11/c1-27(2)23-31(56-37(64)25-55-40(67)34-15-8-21-61(34)44(71)36-17-10-22-62(36)42(69)29(48)13-6-18-53-46(49)50)38(65)59-33(26-63)43(70)60-20-9-16-35(60)41(68)58-32(24-28-11-4-3-5-12-28)39(66)57-30(45(72)73)14-7-19-54-47(51)52/h3-5,11-12,27,29-36,63H,6-10,13-26,48H2,1-2H3,(H,55,67)(H,56,64)(H,57,66)(H,58,68)(H,59,65)(H,72,73)(H4,49,50,53)(H4,51,52,54)/t29-,30-,31-,32-,33-,34-,35-,36-/m0/s1. The summed E-state index contributed by atoms with van der Waals surface area (Å²) in [5.74, 6) is -6.94. The summed E-state index contributed by atoms with van der Waals surface area (Å²) in [5.41, 5.74) is 28.3. The van der Waals surface area contributed by atoms with E-state index in [1.54, 1.807) is 44.2 Å². The zero-order valence-electron chi connectivity index (χ0n) is 41.7. The third kappa shape index (κ3) is 17.9. The van der Waals surface area contributed by atoms with Crippen LogP contribution in [-0.4, -0.2) is 184 Å². The van der Waals surface area contributed by atoms with Crippen LogP contribution in [0.1, 0.15) is 90.0 Å². The van der Waals surface area contributed by atoms with Crippen molar-refractivity contribution >= 4 is 65.1 Å². The number of carboxylic acid groups (broad SMARTS) is 1. The number of hydrogen-bond donors (Lipinski definition) is 12. The second kappa shape index (κ2) is 28.8. The Balaban J connectivity index is 1.36. The van der Waals surface area contributed by atoms with Gasteiger partial charge in [0.25, 0.3) is 0 Å². The molecule has 0 bridgehead atoms. The average molecular weight is 1030 g/mol. The van der Waals surface area contributed by atoms with Crippen molar-refractivity contribution in [2.24, 2.45) is 44.6 Å². The number of aliphatic carboxylic acids is 1. The normalized spacial score (nSPS) is 19.4. The molecule has 0 aromatic heterocycles. The number of nitrogens with two attached hydrogens (primary N) is 5. The predicted octanol–water partition coefficient (Wildman–Crippen LogP) is -4.19. The average Bonchev–Trinajstić information content (AvgIpc) is 4.16. The third-order valence-corrected chi connectivity index (χ3v) is 12.8. The third-order valence-electron chi connectivity index (χ3n) is 12.8. The molecule has 3 fully saturated rings. The lowest BCUT2D eigenvalue weighted by molar-refractivity contribution is -0.147. The van der Waals surface area contributed by atoms with Crippen LogP contribution in [-0.2, 0) is 49.6 Å². The lowest BCUT2D eigenvalue weighted by atomic mass is 10.0. The Bertz CT molecular complexity index is 2150. The molecule has 0 radical (unpaired) electrons. The number of amides is 8. The Morgan fingerprint density at radius 3 is 1.77 bits per heavy atom. The van der Waals surface area contributed by atoms with Crippen LogP contribution in [0.5, 0.6) is 0 Å². The van der Waals surface area contributed by atoms with Crippen LogP contribution in [0.15, 0.2) is 40.3 Å². The Labute approximate surface area is 424 Å². The van der Waals surface area contributed by atoms with E-state index in [-0.39, 0.29) is 75.5 Å². The van der Waals surface area contributed by atoms with E-state index in [0.717, 1.165) is 0 Å². The highest BCUT2D eigenvalue weighted by Gasteiger charge is 2.44. The molecule has 3 saturated heterocycles.